The van der Waals surface area contributed by atoms with E-state index >= 15 is 0 Å². The lowest BCUT2D eigenvalue weighted by molar-refractivity contribution is 0.101. The average molecular weight is 886 g/mol. The number of rotatable bonds is 7. The molecule has 0 saturated carbocycles. The number of Topliss-reactive ketones (excluding diaryl/α,β-unsaturated/α-hetero) is 1. The maximum absolute atomic E-state index is 13.0. The van der Waals surface area contributed by atoms with Crippen LogP contribution in [0.25, 0.3) is 62.1 Å². The molecule has 18 nitrogen and oxygen atoms in total. The van der Waals surface area contributed by atoms with E-state index in [9.17, 15) is 29.2 Å². The van der Waals surface area contributed by atoms with Crippen LogP contribution >= 0.6 is 0 Å². The molecule has 1 aliphatic carbocycles. The summed E-state index contributed by atoms with van der Waals surface area (Å²) in [6, 6.07) is 26.3. The number of carbonyl (C=O) groups is 1. The molecular weight excluding hydrogens is 843 g/mol. The van der Waals surface area contributed by atoms with Crippen molar-refractivity contribution in [3.05, 3.63) is 168 Å². The third-order valence-electron chi connectivity index (χ3n) is 10.9. The number of benzene rings is 3. The zero-order valence-corrected chi connectivity index (χ0v) is 37.0. The number of ketones is 1. The first-order chi connectivity index (χ1) is 32.0. The summed E-state index contributed by atoms with van der Waals surface area (Å²) < 4.78 is 20.3. The van der Waals surface area contributed by atoms with E-state index in [1.165, 1.54) is 39.0 Å². The van der Waals surface area contributed by atoms with Crippen molar-refractivity contribution >= 4 is 45.2 Å². The van der Waals surface area contributed by atoms with Gasteiger partial charge in [-0.25, -0.2) is 9.59 Å². The summed E-state index contributed by atoms with van der Waals surface area (Å²) in [6.07, 6.45) is 10.5. The van der Waals surface area contributed by atoms with E-state index in [0.29, 0.717) is 45.8 Å². The number of nitriles is 1. The molecule has 0 amide bonds. The number of allylic oxidation sites excluding steroid dienone is 6. The number of H-pyrrole nitrogens is 2. The molecule has 332 valence electrons. The molecule has 3 aromatic carbocycles. The highest BCUT2D eigenvalue weighted by molar-refractivity contribution is 6.02. The third kappa shape index (κ3) is 6.95. The highest BCUT2D eigenvalue weighted by Crippen LogP contribution is 2.37. The van der Waals surface area contributed by atoms with Gasteiger partial charge in [0.1, 0.15) is 23.3 Å². The van der Waals surface area contributed by atoms with Crippen molar-refractivity contribution in [1.82, 2.24) is 47.0 Å². The lowest BCUT2D eigenvalue weighted by atomic mass is 10.1. The summed E-state index contributed by atoms with van der Waals surface area (Å²) in [7, 11) is 6.17. The topological polar surface area (TPSA) is 214 Å². The van der Waals surface area contributed by atoms with Crippen LogP contribution in [0.15, 0.2) is 128 Å². The molecule has 18 heteroatoms. The van der Waals surface area contributed by atoms with Crippen LogP contribution in [-0.2, 0) is 14.1 Å². The molecular formula is C48H43N11O7. The third-order valence-corrected chi connectivity index (χ3v) is 10.9. The fourth-order valence-corrected chi connectivity index (χ4v) is 8.07. The molecule has 0 saturated heterocycles. The minimum absolute atomic E-state index is 0.123. The van der Waals surface area contributed by atoms with E-state index in [1.807, 2.05) is 117 Å². The molecule has 0 bridgehead atoms. The minimum Gasteiger partial charge on any atom is -0.495 e. The molecule has 0 aliphatic heterocycles. The molecule has 1 aliphatic rings. The Bertz CT molecular complexity index is 3780. The van der Waals surface area contributed by atoms with Crippen LogP contribution in [0.2, 0.25) is 0 Å². The van der Waals surface area contributed by atoms with Gasteiger partial charge in [-0.15, -0.1) is 0 Å². The van der Waals surface area contributed by atoms with Gasteiger partial charge in [0.25, 0.3) is 11.1 Å². The number of fused-ring (bicyclic) bond motifs is 6. The Balaban J connectivity index is 0.000000173. The van der Waals surface area contributed by atoms with Gasteiger partial charge >= 0.3 is 11.4 Å². The smallest absolute Gasteiger partial charge is 0.329 e. The van der Waals surface area contributed by atoms with Crippen molar-refractivity contribution in [2.45, 2.75) is 27.2 Å². The van der Waals surface area contributed by atoms with Crippen LogP contribution in [0.1, 0.15) is 49.1 Å². The number of hydrogen-bond acceptors (Lipinski definition) is 10. The predicted octanol–water partition coefficient (Wildman–Crippen LogP) is 6.01. The van der Waals surface area contributed by atoms with Gasteiger partial charge in [0.05, 0.1) is 37.0 Å². The maximum Gasteiger partial charge on any atom is 0.329 e. The Kier molecular flexibility index (Phi) is 11.7. The molecule has 0 spiro atoms. The number of ether oxygens (including phenoxy) is 2. The second kappa shape index (κ2) is 17.7. The Labute approximate surface area is 374 Å². The summed E-state index contributed by atoms with van der Waals surface area (Å²) >= 11 is 0. The van der Waals surface area contributed by atoms with Gasteiger partial charge in [-0.2, -0.15) is 15.2 Å². The summed E-state index contributed by atoms with van der Waals surface area (Å²) in [5.74, 6) is 1.52. The summed E-state index contributed by atoms with van der Waals surface area (Å²) in [5.41, 5.74) is 2.71. The Morgan fingerprint density at radius 1 is 0.697 bits per heavy atom. The zero-order chi connectivity index (χ0) is 47.0. The number of aryl methyl sites for hydroxylation is 2. The van der Waals surface area contributed by atoms with Crippen molar-refractivity contribution in [1.29, 1.82) is 5.26 Å². The lowest BCUT2D eigenvalue weighted by Gasteiger charge is -2.13. The first kappa shape index (κ1) is 43.7. The molecule has 0 unspecified atom stereocenters. The predicted molar refractivity (Wildman–Crippen MR) is 251 cm³/mol. The monoisotopic (exact) mass is 885 g/mol. The fraction of sp³-hybridized carbons (Fsp3) is 0.167. The molecule has 0 atom stereocenters. The number of nitrogens with zero attached hydrogens (tertiary/aromatic N) is 9. The highest BCUT2D eigenvalue weighted by atomic mass is 16.5. The lowest BCUT2D eigenvalue weighted by Crippen LogP contribution is -2.29. The van der Waals surface area contributed by atoms with Gasteiger partial charge in [0.2, 0.25) is 11.6 Å². The second-order valence-electron chi connectivity index (χ2n) is 14.6. The SMILES string of the molecule is CC.COc1ccccc1-n1c(-c2ccccc2)c(C(C)=O)n2c3c(=O)[nH]c(=O)n(C)c3nc12.COc1ccccc1-n1c(C2=CC=CCC=C2)c(C#N)n2c3c(=O)[nH]c(=O)n(C)c3nc12. The Hall–Kier alpha value is -8.98. The van der Waals surface area contributed by atoms with Crippen LogP contribution < -0.4 is 32.0 Å². The number of hydrogen-bond donors (Lipinski definition) is 2. The second-order valence-corrected chi connectivity index (χ2v) is 14.6. The van der Waals surface area contributed by atoms with Crippen molar-refractivity contribution in [3.8, 4) is 40.2 Å². The fourth-order valence-electron chi connectivity index (χ4n) is 8.07. The zero-order valence-electron chi connectivity index (χ0n) is 37.0. The van der Waals surface area contributed by atoms with Crippen LogP contribution in [0.4, 0.5) is 0 Å². The van der Waals surface area contributed by atoms with Crippen LogP contribution in [0, 0.1) is 11.3 Å². The number of imidazole rings is 4. The van der Waals surface area contributed by atoms with Gasteiger partial charge < -0.3 is 9.47 Å². The number of methoxy groups -OCH3 is 2. The van der Waals surface area contributed by atoms with E-state index in [1.54, 1.807) is 29.4 Å². The molecule has 0 radical (unpaired) electrons. The van der Waals surface area contributed by atoms with Gasteiger partial charge in [-0.1, -0.05) is 98.8 Å². The van der Waals surface area contributed by atoms with Gasteiger partial charge in [0, 0.05) is 32.2 Å². The number of carbonyl (C=O) groups excluding carboxylic acids is 1. The number of para-hydroxylation sites is 4. The molecule has 6 heterocycles. The van der Waals surface area contributed by atoms with Crippen LogP contribution in [0.5, 0.6) is 11.5 Å². The molecule has 9 aromatic rings. The standard InChI is InChI=1S/C23H18N6O3.C23H19N5O4.C2H6/c1-27-20-19(21(30)26-23(27)31)29-16(13-24)18(14-9-5-3-4-6-10-14)28(22(29)25-20)15-11-7-8-12-17(15)32-2;1-13(29)17-18(14-9-5-4-6-10-14)27(15-11-7-8-12-16(15)32-3)22-24-20-19(28(17)22)21(30)25-23(31)26(20)2;1-2/h3,5-12H,4H2,1-2H3,(H,26,30,31);4-12H,1-3H3,(H,25,30,31);1-2H3. The molecule has 66 heavy (non-hydrogen) atoms. The van der Waals surface area contributed by atoms with E-state index in [2.05, 4.69) is 26.0 Å². The van der Waals surface area contributed by atoms with E-state index < -0.39 is 22.5 Å². The van der Waals surface area contributed by atoms with Gasteiger partial charge in [0.15, 0.2) is 33.8 Å². The quantitative estimate of drug-likeness (QED) is 0.178. The Morgan fingerprint density at radius 2 is 1.20 bits per heavy atom. The van der Waals surface area contributed by atoms with Crippen molar-refractivity contribution in [2.75, 3.05) is 14.2 Å². The minimum atomic E-state index is -0.616. The molecule has 6 aromatic heterocycles. The maximum atomic E-state index is 13.0. The highest BCUT2D eigenvalue weighted by Gasteiger charge is 2.30. The summed E-state index contributed by atoms with van der Waals surface area (Å²) in [4.78, 5) is 76.8. The number of nitrogens with one attached hydrogen (secondary N) is 2. The van der Waals surface area contributed by atoms with Crippen LogP contribution in [0.3, 0.4) is 0 Å². The van der Waals surface area contributed by atoms with Crippen LogP contribution in [-0.4, -0.2) is 67.0 Å². The normalized spacial score (nSPS) is 12.1. The van der Waals surface area contributed by atoms with E-state index in [4.69, 9.17) is 9.47 Å². The summed E-state index contributed by atoms with van der Waals surface area (Å²) in [6.45, 7) is 5.44. The van der Waals surface area contributed by atoms with Crippen molar-refractivity contribution in [2.24, 2.45) is 14.1 Å². The van der Waals surface area contributed by atoms with E-state index in [-0.39, 0.29) is 39.5 Å². The van der Waals surface area contributed by atoms with Crippen molar-refractivity contribution < 1.29 is 14.3 Å². The number of aromatic nitrogens is 10. The van der Waals surface area contributed by atoms with Gasteiger partial charge in [-0.3, -0.25) is 51.4 Å². The summed E-state index contributed by atoms with van der Waals surface area (Å²) in [5, 5.41) is 10.2. The molecule has 2 N–H and O–H groups in total. The first-order valence-electron chi connectivity index (χ1n) is 20.8. The molecule has 0 fully saturated rings. The average Bonchev–Trinajstić information content (AvgIpc) is 4.02. The van der Waals surface area contributed by atoms with Crippen molar-refractivity contribution in [3.63, 3.8) is 0 Å². The first-order valence-corrected chi connectivity index (χ1v) is 20.8. The van der Waals surface area contributed by atoms with Gasteiger partial charge in [-0.05, 0) is 30.7 Å². The number of aromatic amines is 2. The molecule has 10 rings (SSSR count). The Morgan fingerprint density at radius 3 is 1.73 bits per heavy atom. The van der Waals surface area contributed by atoms with E-state index in [0.717, 1.165) is 17.6 Å². The largest absolute Gasteiger partial charge is 0.495 e.